The summed E-state index contributed by atoms with van der Waals surface area (Å²) in [5, 5.41) is 1.50. The van der Waals surface area contributed by atoms with Gasteiger partial charge in [0.05, 0.1) is 29.0 Å². The van der Waals surface area contributed by atoms with Gasteiger partial charge in [0.15, 0.2) is 0 Å². The minimum absolute atomic E-state index is 0.547. The summed E-state index contributed by atoms with van der Waals surface area (Å²) in [5.74, 6) is 0.635. The van der Waals surface area contributed by atoms with Crippen LogP contribution in [0.15, 0.2) is 66.9 Å². The molecule has 0 aliphatic carbocycles. The smallest absolute Gasteiger partial charge is 0.137 e. The minimum Gasteiger partial charge on any atom is -0.495 e. The highest BCUT2D eigenvalue weighted by Gasteiger charge is 2.09. The number of pyridine rings is 2. The summed E-state index contributed by atoms with van der Waals surface area (Å²) in [4.78, 5) is 9.19. The molecule has 0 aliphatic heterocycles. The lowest BCUT2D eigenvalue weighted by atomic mass is 10.1. The lowest BCUT2D eigenvalue weighted by Crippen LogP contribution is -1.93. The molecule has 0 radical (unpaired) electrons. The normalized spacial score (nSPS) is 10.8. The van der Waals surface area contributed by atoms with Crippen LogP contribution in [-0.2, 0) is 0 Å². The van der Waals surface area contributed by atoms with E-state index in [1.165, 1.54) is 0 Å². The van der Waals surface area contributed by atoms with E-state index >= 15 is 0 Å². The Balaban J connectivity index is 1.80. The van der Waals surface area contributed by atoms with Gasteiger partial charge in [-0.05, 0) is 42.5 Å². The number of methoxy groups -OCH3 is 1. The Morgan fingerprint density at radius 1 is 0.923 bits per heavy atom. The molecule has 0 saturated carbocycles. The maximum atomic E-state index is 6.24. The molecule has 4 nitrogen and oxygen atoms in total. The van der Waals surface area contributed by atoms with Gasteiger partial charge in [-0.15, -0.1) is 0 Å². The predicted molar refractivity (Wildman–Crippen MR) is 106 cm³/mol. The number of nitrogen functional groups attached to an aromatic ring is 1. The molecule has 26 heavy (non-hydrogen) atoms. The number of ether oxygens (including phenoxy) is 1. The number of para-hydroxylation sites is 1. The van der Waals surface area contributed by atoms with Crippen molar-refractivity contribution >= 4 is 28.2 Å². The van der Waals surface area contributed by atoms with Gasteiger partial charge in [0, 0.05) is 28.4 Å². The Morgan fingerprint density at radius 3 is 2.54 bits per heavy atom. The van der Waals surface area contributed by atoms with Gasteiger partial charge in [0.2, 0.25) is 0 Å². The third kappa shape index (κ3) is 2.95. The number of halogens is 1. The molecule has 128 valence electrons. The monoisotopic (exact) mass is 361 g/mol. The van der Waals surface area contributed by atoms with Gasteiger partial charge in [-0.1, -0.05) is 29.8 Å². The van der Waals surface area contributed by atoms with Crippen LogP contribution in [0.25, 0.3) is 33.4 Å². The number of benzene rings is 2. The predicted octanol–water partition coefficient (Wildman–Crippen LogP) is 5.21. The van der Waals surface area contributed by atoms with E-state index in [0.717, 1.165) is 33.4 Å². The van der Waals surface area contributed by atoms with Gasteiger partial charge >= 0.3 is 0 Å². The topological polar surface area (TPSA) is 61.0 Å². The van der Waals surface area contributed by atoms with Crippen LogP contribution in [0, 0.1) is 0 Å². The fraction of sp³-hybridized carbons (Fsp3) is 0.0476. The van der Waals surface area contributed by atoms with Crippen LogP contribution >= 0.6 is 11.6 Å². The van der Waals surface area contributed by atoms with Gasteiger partial charge in [-0.3, -0.25) is 4.98 Å². The van der Waals surface area contributed by atoms with E-state index in [0.29, 0.717) is 16.5 Å². The van der Waals surface area contributed by atoms with Crippen molar-refractivity contribution in [1.82, 2.24) is 9.97 Å². The molecule has 0 atom stereocenters. The summed E-state index contributed by atoms with van der Waals surface area (Å²) in [6, 6.07) is 19.2. The number of anilines is 1. The zero-order valence-corrected chi connectivity index (χ0v) is 14.9. The van der Waals surface area contributed by atoms with Gasteiger partial charge in [0.1, 0.15) is 5.75 Å². The molecule has 0 spiro atoms. The van der Waals surface area contributed by atoms with Crippen molar-refractivity contribution in [1.29, 1.82) is 0 Å². The Morgan fingerprint density at radius 2 is 1.73 bits per heavy atom. The van der Waals surface area contributed by atoms with Crippen molar-refractivity contribution in [3.8, 4) is 28.3 Å². The molecule has 0 aliphatic rings. The van der Waals surface area contributed by atoms with Crippen LogP contribution in [0.5, 0.6) is 5.75 Å². The highest BCUT2D eigenvalue weighted by Crippen LogP contribution is 2.32. The van der Waals surface area contributed by atoms with Crippen LogP contribution in [0.3, 0.4) is 0 Å². The van der Waals surface area contributed by atoms with E-state index in [9.17, 15) is 0 Å². The standard InChI is InChI=1S/C21H16ClN3O/c1-26-21-7-6-13(10-16(21)22)19-11-14(8-9-24-19)20-12-17(23)15-4-2-3-5-18(15)25-20/h2-12H,1H3,(H2,23,25). The van der Waals surface area contributed by atoms with Crippen LogP contribution in [-0.4, -0.2) is 17.1 Å². The van der Waals surface area contributed by atoms with E-state index in [1.54, 1.807) is 13.3 Å². The van der Waals surface area contributed by atoms with Crippen LogP contribution in [0.4, 0.5) is 5.69 Å². The highest BCUT2D eigenvalue weighted by atomic mass is 35.5. The number of hydrogen-bond acceptors (Lipinski definition) is 4. The van der Waals surface area contributed by atoms with E-state index < -0.39 is 0 Å². The van der Waals surface area contributed by atoms with Gasteiger partial charge < -0.3 is 10.5 Å². The summed E-state index contributed by atoms with van der Waals surface area (Å²) in [6.45, 7) is 0. The molecule has 0 saturated heterocycles. The van der Waals surface area contributed by atoms with Crippen molar-refractivity contribution in [3.63, 3.8) is 0 Å². The molecular formula is C21H16ClN3O. The molecule has 2 heterocycles. The molecule has 0 amide bonds. The van der Waals surface area contributed by atoms with Gasteiger partial charge in [-0.2, -0.15) is 0 Å². The van der Waals surface area contributed by atoms with Gasteiger partial charge in [0.25, 0.3) is 0 Å². The number of nitrogens with two attached hydrogens (primary N) is 1. The first kappa shape index (κ1) is 16.4. The second-order valence-corrected chi connectivity index (χ2v) is 6.30. The summed E-state index contributed by atoms with van der Waals surface area (Å²) >= 11 is 6.24. The maximum absolute atomic E-state index is 6.24. The molecular weight excluding hydrogens is 346 g/mol. The van der Waals surface area contributed by atoms with E-state index in [1.807, 2.05) is 60.7 Å². The molecule has 2 N–H and O–H groups in total. The lowest BCUT2D eigenvalue weighted by molar-refractivity contribution is 0.415. The number of fused-ring (bicyclic) bond motifs is 1. The summed E-state index contributed by atoms with van der Waals surface area (Å²) in [7, 11) is 1.59. The first-order valence-corrected chi connectivity index (χ1v) is 8.49. The molecule has 0 fully saturated rings. The quantitative estimate of drug-likeness (QED) is 0.544. The van der Waals surface area contributed by atoms with Crippen molar-refractivity contribution in [3.05, 3.63) is 71.9 Å². The molecule has 5 heteroatoms. The number of hydrogen-bond donors (Lipinski definition) is 1. The lowest BCUT2D eigenvalue weighted by Gasteiger charge is -2.09. The minimum atomic E-state index is 0.547. The zero-order chi connectivity index (χ0) is 18.1. The number of aromatic nitrogens is 2. The summed E-state index contributed by atoms with van der Waals surface area (Å²) in [5.41, 5.74) is 11.3. The fourth-order valence-corrected chi connectivity index (χ4v) is 3.18. The Bertz CT molecular complexity index is 1110. The molecule has 2 aromatic heterocycles. The highest BCUT2D eigenvalue weighted by molar-refractivity contribution is 6.32. The molecule has 0 unspecified atom stereocenters. The van der Waals surface area contributed by atoms with Crippen LogP contribution < -0.4 is 10.5 Å². The van der Waals surface area contributed by atoms with Crippen LogP contribution in [0.2, 0.25) is 5.02 Å². The third-order valence-electron chi connectivity index (χ3n) is 4.25. The SMILES string of the molecule is COc1ccc(-c2cc(-c3cc(N)c4ccccc4n3)ccn2)cc1Cl. The average molecular weight is 362 g/mol. The van der Waals surface area contributed by atoms with Crippen molar-refractivity contribution < 1.29 is 4.74 Å². The van der Waals surface area contributed by atoms with Crippen molar-refractivity contribution in [2.45, 2.75) is 0 Å². The first-order chi connectivity index (χ1) is 12.7. The van der Waals surface area contributed by atoms with Gasteiger partial charge in [-0.25, -0.2) is 4.98 Å². The summed E-state index contributed by atoms with van der Waals surface area (Å²) < 4.78 is 5.21. The van der Waals surface area contributed by atoms with Crippen LogP contribution in [0.1, 0.15) is 0 Å². The summed E-state index contributed by atoms with van der Waals surface area (Å²) in [6.07, 6.45) is 1.76. The third-order valence-corrected chi connectivity index (χ3v) is 4.55. The zero-order valence-electron chi connectivity index (χ0n) is 14.1. The molecule has 4 rings (SSSR count). The second-order valence-electron chi connectivity index (χ2n) is 5.89. The Labute approximate surface area is 156 Å². The number of nitrogens with zero attached hydrogens (tertiary/aromatic N) is 2. The Hall–Kier alpha value is -3.11. The van der Waals surface area contributed by atoms with Crippen molar-refractivity contribution in [2.24, 2.45) is 0 Å². The maximum Gasteiger partial charge on any atom is 0.137 e. The molecule has 0 bridgehead atoms. The van der Waals surface area contributed by atoms with E-state index in [2.05, 4.69) is 4.98 Å². The molecule has 2 aromatic carbocycles. The van der Waals surface area contributed by atoms with Crippen molar-refractivity contribution in [2.75, 3.05) is 12.8 Å². The van der Waals surface area contributed by atoms with E-state index in [4.69, 9.17) is 27.1 Å². The Kier molecular flexibility index (Phi) is 4.19. The largest absolute Gasteiger partial charge is 0.495 e. The second kappa shape index (κ2) is 6.65. The number of rotatable bonds is 3. The fourth-order valence-electron chi connectivity index (χ4n) is 2.92. The first-order valence-electron chi connectivity index (χ1n) is 8.11. The average Bonchev–Trinajstić information content (AvgIpc) is 2.68. The van der Waals surface area contributed by atoms with E-state index in [-0.39, 0.29) is 0 Å². The molecule has 4 aromatic rings.